The number of anilines is 2. The van der Waals surface area contributed by atoms with Gasteiger partial charge in [-0.25, -0.2) is 4.98 Å². The second kappa shape index (κ2) is 5.82. The molecule has 1 aromatic heterocycles. The van der Waals surface area contributed by atoms with Crippen LogP contribution in [0.2, 0.25) is 0 Å². The SMILES string of the molecule is Cn1cnc(CCNC(=O)C2CNc3ccccc3N2)n1. The van der Waals surface area contributed by atoms with Crippen molar-refractivity contribution >= 4 is 17.3 Å². The van der Waals surface area contributed by atoms with Crippen LogP contribution >= 0.6 is 0 Å². The summed E-state index contributed by atoms with van der Waals surface area (Å²) in [5, 5.41) is 13.6. The Morgan fingerprint density at radius 3 is 3.00 bits per heavy atom. The molecule has 2 aromatic rings. The molecule has 3 rings (SSSR count). The van der Waals surface area contributed by atoms with Crippen molar-refractivity contribution in [2.75, 3.05) is 23.7 Å². The fourth-order valence-electron chi connectivity index (χ4n) is 2.29. The average Bonchev–Trinajstić information content (AvgIpc) is 2.92. The molecule has 0 saturated heterocycles. The summed E-state index contributed by atoms with van der Waals surface area (Å²) in [7, 11) is 1.82. The summed E-state index contributed by atoms with van der Waals surface area (Å²) < 4.78 is 1.65. The van der Waals surface area contributed by atoms with E-state index in [4.69, 9.17) is 0 Å². The Kier molecular flexibility index (Phi) is 3.72. The van der Waals surface area contributed by atoms with E-state index in [1.54, 1.807) is 11.0 Å². The first-order chi connectivity index (χ1) is 10.2. The Bertz CT molecular complexity index is 638. The molecule has 3 N–H and O–H groups in total. The molecule has 0 fully saturated rings. The second-order valence-corrected chi connectivity index (χ2v) is 5.00. The van der Waals surface area contributed by atoms with Crippen LogP contribution in [0.3, 0.4) is 0 Å². The number of benzene rings is 1. The molecule has 0 spiro atoms. The molecule has 2 heterocycles. The van der Waals surface area contributed by atoms with Gasteiger partial charge in [-0.2, -0.15) is 5.10 Å². The first kappa shape index (κ1) is 13.4. The first-order valence-electron chi connectivity index (χ1n) is 6.94. The molecule has 7 heteroatoms. The van der Waals surface area contributed by atoms with Crippen molar-refractivity contribution in [1.82, 2.24) is 20.1 Å². The van der Waals surface area contributed by atoms with Gasteiger partial charge >= 0.3 is 0 Å². The zero-order chi connectivity index (χ0) is 14.7. The van der Waals surface area contributed by atoms with Gasteiger partial charge in [-0.15, -0.1) is 0 Å². The minimum atomic E-state index is -0.267. The Labute approximate surface area is 122 Å². The Morgan fingerprint density at radius 1 is 1.43 bits per heavy atom. The van der Waals surface area contributed by atoms with Gasteiger partial charge in [0.25, 0.3) is 0 Å². The van der Waals surface area contributed by atoms with E-state index < -0.39 is 0 Å². The molecule has 1 atom stereocenters. The van der Waals surface area contributed by atoms with E-state index in [2.05, 4.69) is 26.0 Å². The smallest absolute Gasteiger partial charge is 0.244 e. The molecule has 1 amide bonds. The van der Waals surface area contributed by atoms with Crippen LogP contribution in [0.5, 0.6) is 0 Å². The summed E-state index contributed by atoms with van der Waals surface area (Å²) in [5.74, 6) is 0.714. The number of para-hydroxylation sites is 2. The molecule has 1 aromatic carbocycles. The summed E-state index contributed by atoms with van der Waals surface area (Å²) in [4.78, 5) is 16.3. The highest BCUT2D eigenvalue weighted by molar-refractivity contribution is 5.88. The van der Waals surface area contributed by atoms with Gasteiger partial charge in [-0.05, 0) is 12.1 Å². The average molecular weight is 286 g/mol. The van der Waals surface area contributed by atoms with Crippen LogP contribution in [0.25, 0.3) is 0 Å². The summed E-state index contributed by atoms with van der Waals surface area (Å²) in [6, 6.07) is 7.59. The fourth-order valence-corrected chi connectivity index (χ4v) is 2.29. The third-order valence-corrected chi connectivity index (χ3v) is 3.36. The van der Waals surface area contributed by atoms with Crippen LogP contribution in [0, 0.1) is 0 Å². The summed E-state index contributed by atoms with van der Waals surface area (Å²) in [6.07, 6.45) is 2.28. The molecular formula is C14H18N6O. The van der Waals surface area contributed by atoms with Crippen molar-refractivity contribution in [3.05, 3.63) is 36.4 Å². The molecular weight excluding hydrogens is 268 g/mol. The Morgan fingerprint density at radius 2 is 2.24 bits per heavy atom. The number of aromatic nitrogens is 3. The van der Waals surface area contributed by atoms with E-state index in [9.17, 15) is 4.79 Å². The van der Waals surface area contributed by atoms with E-state index in [1.807, 2.05) is 31.3 Å². The number of nitrogens with one attached hydrogen (secondary N) is 3. The standard InChI is InChI=1S/C14H18N6O/c1-20-9-17-13(19-20)6-7-15-14(21)12-8-16-10-4-2-3-5-11(10)18-12/h2-5,9,12,16,18H,6-8H2,1H3,(H,15,21). The third-order valence-electron chi connectivity index (χ3n) is 3.36. The zero-order valence-corrected chi connectivity index (χ0v) is 11.8. The van der Waals surface area contributed by atoms with Gasteiger partial charge in [0.05, 0.1) is 11.4 Å². The molecule has 1 unspecified atom stereocenters. The number of nitrogens with zero attached hydrogens (tertiary/aromatic N) is 3. The van der Waals surface area contributed by atoms with Crippen LogP contribution in [0.4, 0.5) is 11.4 Å². The Balaban J connectivity index is 1.50. The highest BCUT2D eigenvalue weighted by atomic mass is 16.2. The van der Waals surface area contributed by atoms with Crippen molar-refractivity contribution < 1.29 is 4.79 Å². The molecule has 0 saturated carbocycles. The maximum atomic E-state index is 12.1. The van der Waals surface area contributed by atoms with Gasteiger partial charge in [0.15, 0.2) is 5.82 Å². The molecule has 1 aliphatic heterocycles. The highest BCUT2D eigenvalue weighted by Gasteiger charge is 2.22. The van der Waals surface area contributed by atoms with Crippen molar-refractivity contribution in [3.8, 4) is 0 Å². The van der Waals surface area contributed by atoms with Crippen molar-refractivity contribution in [3.63, 3.8) is 0 Å². The second-order valence-electron chi connectivity index (χ2n) is 5.00. The molecule has 0 radical (unpaired) electrons. The number of aryl methyl sites for hydroxylation is 1. The molecule has 7 nitrogen and oxygen atoms in total. The predicted octanol–water partition coefficient (Wildman–Crippen LogP) is 0.380. The normalized spacial score (nSPS) is 16.5. The number of rotatable bonds is 4. The lowest BCUT2D eigenvalue weighted by molar-refractivity contribution is -0.121. The zero-order valence-electron chi connectivity index (χ0n) is 11.8. The lowest BCUT2D eigenvalue weighted by Gasteiger charge is -2.27. The number of carbonyl (C=O) groups is 1. The molecule has 1 aliphatic rings. The van der Waals surface area contributed by atoms with Gasteiger partial charge in [-0.3, -0.25) is 9.48 Å². The number of hydrogen-bond donors (Lipinski definition) is 3. The summed E-state index contributed by atoms with van der Waals surface area (Å²) in [6.45, 7) is 1.10. The molecule has 21 heavy (non-hydrogen) atoms. The monoisotopic (exact) mass is 286 g/mol. The minimum absolute atomic E-state index is 0.0204. The number of fused-ring (bicyclic) bond motifs is 1. The topological polar surface area (TPSA) is 83.9 Å². The van der Waals surface area contributed by atoms with E-state index in [0.717, 1.165) is 17.2 Å². The lowest BCUT2D eigenvalue weighted by Crippen LogP contribution is -2.46. The lowest BCUT2D eigenvalue weighted by atomic mass is 10.1. The highest BCUT2D eigenvalue weighted by Crippen LogP contribution is 2.24. The van der Waals surface area contributed by atoms with E-state index in [-0.39, 0.29) is 11.9 Å². The summed E-state index contributed by atoms with van der Waals surface area (Å²) in [5.41, 5.74) is 1.98. The van der Waals surface area contributed by atoms with Crippen LogP contribution in [0.1, 0.15) is 5.82 Å². The van der Waals surface area contributed by atoms with E-state index >= 15 is 0 Å². The minimum Gasteiger partial charge on any atom is -0.381 e. The van der Waals surface area contributed by atoms with Gasteiger partial charge < -0.3 is 16.0 Å². The maximum absolute atomic E-state index is 12.1. The van der Waals surface area contributed by atoms with E-state index in [0.29, 0.717) is 19.5 Å². The number of hydrogen-bond acceptors (Lipinski definition) is 5. The number of carbonyl (C=O) groups excluding carboxylic acids is 1. The maximum Gasteiger partial charge on any atom is 0.244 e. The van der Waals surface area contributed by atoms with Crippen LogP contribution in [-0.4, -0.2) is 39.8 Å². The molecule has 110 valence electrons. The van der Waals surface area contributed by atoms with Crippen LogP contribution in [0.15, 0.2) is 30.6 Å². The van der Waals surface area contributed by atoms with Crippen molar-refractivity contribution in [2.24, 2.45) is 7.05 Å². The van der Waals surface area contributed by atoms with Gasteiger partial charge in [0, 0.05) is 26.6 Å². The third kappa shape index (κ3) is 3.13. The predicted molar refractivity (Wildman–Crippen MR) is 80.1 cm³/mol. The fraction of sp³-hybridized carbons (Fsp3) is 0.357. The van der Waals surface area contributed by atoms with Gasteiger partial charge in [-0.1, -0.05) is 12.1 Å². The molecule has 0 bridgehead atoms. The first-order valence-corrected chi connectivity index (χ1v) is 6.94. The van der Waals surface area contributed by atoms with Gasteiger partial charge in [0.1, 0.15) is 12.4 Å². The number of amides is 1. The van der Waals surface area contributed by atoms with Crippen LogP contribution in [-0.2, 0) is 18.3 Å². The van der Waals surface area contributed by atoms with Crippen LogP contribution < -0.4 is 16.0 Å². The van der Waals surface area contributed by atoms with E-state index in [1.165, 1.54) is 0 Å². The Hall–Kier alpha value is -2.57. The van der Waals surface area contributed by atoms with Gasteiger partial charge in [0.2, 0.25) is 5.91 Å². The van der Waals surface area contributed by atoms with Crippen molar-refractivity contribution in [2.45, 2.75) is 12.5 Å². The molecule has 0 aliphatic carbocycles. The summed E-state index contributed by atoms with van der Waals surface area (Å²) >= 11 is 0. The quantitative estimate of drug-likeness (QED) is 0.757. The van der Waals surface area contributed by atoms with Crippen molar-refractivity contribution in [1.29, 1.82) is 0 Å². The largest absolute Gasteiger partial charge is 0.381 e.